The van der Waals surface area contributed by atoms with E-state index >= 15 is 0 Å². The van der Waals surface area contributed by atoms with Crippen molar-refractivity contribution < 1.29 is 22.7 Å². The normalized spacial score (nSPS) is 17.1. The first-order valence-electron chi connectivity index (χ1n) is 11.6. The van der Waals surface area contributed by atoms with Crippen molar-refractivity contribution in [2.24, 2.45) is 5.92 Å². The smallest absolute Gasteiger partial charge is 0.243 e. The third-order valence-corrected chi connectivity index (χ3v) is 8.06. The van der Waals surface area contributed by atoms with Gasteiger partial charge in [0.1, 0.15) is 5.82 Å². The van der Waals surface area contributed by atoms with Gasteiger partial charge in [-0.05, 0) is 44.0 Å². The summed E-state index contributed by atoms with van der Waals surface area (Å²) in [6, 6.07) is 12.1. The summed E-state index contributed by atoms with van der Waals surface area (Å²) in [5.41, 5.74) is 1.44. The maximum absolute atomic E-state index is 13.2. The Morgan fingerprint density at radius 1 is 1.09 bits per heavy atom. The number of carbonyl (C=O) groups is 1. The van der Waals surface area contributed by atoms with Gasteiger partial charge in [0.2, 0.25) is 15.9 Å². The fourth-order valence-corrected chi connectivity index (χ4v) is 5.75. The molecule has 1 saturated heterocycles. The minimum Gasteiger partial charge on any atom is -0.490 e. The van der Waals surface area contributed by atoms with Gasteiger partial charge in [0.25, 0.3) is 0 Å². The number of amides is 1. The summed E-state index contributed by atoms with van der Waals surface area (Å²) in [5.74, 6) is 1.87. The number of sulfonamides is 1. The van der Waals surface area contributed by atoms with Crippen molar-refractivity contribution in [3.8, 4) is 22.9 Å². The highest BCUT2D eigenvalue weighted by Crippen LogP contribution is 2.34. The molecule has 3 heterocycles. The number of hydrogen-bond acceptors (Lipinski definition) is 7. The molecule has 1 amide bonds. The van der Waals surface area contributed by atoms with Gasteiger partial charge in [-0.25, -0.2) is 13.4 Å². The van der Waals surface area contributed by atoms with Gasteiger partial charge in [-0.15, -0.1) is 0 Å². The van der Waals surface area contributed by atoms with Crippen LogP contribution in [0.15, 0.2) is 47.4 Å². The number of piperidine rings is 1. The van der Waals surface area contributed by atoms with Gasteiger partial charge < -0.3 is 14.8 Å². The highest BCUT2D eigenvalue weighted by molar-refractivity contribution is 7.89. The molecule has 2 aromatic carbocycles. The topological polar surface area (TPSA) is 127 Å². The molecule has 0 aliphatic carbocycles. The van der Waals surface area contributed by atoms with Crippen LogP contribution in [-0.4, -0.2) is 60.1 Å². The van der Waals surface area contributed by atoms with E-state index in [-0.39, 0.29) is 29.8 Å². The maximum atomic E-state index is 13.2. The largest absolute Gasteiger partial charge is 0.490 e. The van der Waals surface area contributed by atoms with Crippen molar-refractivity contribution in [2.45, 2.75) is 31.1 Å². The van der Waals surface area contributed by atoms with Gasteiger partial charge in [0.05, 0.1) is 18.1 Å². The van der Waals surface area contributed by atoms with Gasteiger partial charge >= 0.3 is 0 Å². The molecule has 184 valence electrons. The van der Waals surface area contributed by atoms with Crippen LogP contribution in [0.1, 0.15) is 25.1 Å². The molecule has 0 radical (unpaired) electrons. The number of hydrogen-bond donors (Lipinski definition) is 2. The van der Waals surface area contributed by atoms with Crippen LogP contribution in [0, 0.1) is 12.8 Å². The minimum absolute atomic E-state index is 0.124. The van der Waals surface area contributed by atoms with Crippen molar-refractivity contribution in [1.29, 1.82) is 0 Å². The first-order chi connectivity index (χ1) is 16.9. The molecule has 0 atom stereocenters. The molecule has 2 aliphatic heterocycles. The Labute approximate surface area is 203 Å². The zero-order chi connectivity index (χ0) is 24.4. The van der Waals surface area contributed by atoms with Crippen LogP contribution < -0.4 is 14.8 Å². The predicted octanol–water partition coefficient (Wildman–Crippen LogP) is 2.98. The number of nitrogens with zero attached hydrogens (tertiary/aromatic N) is 3. The van der Waals surface area contributed by atoms with Gasteiger partial charge in [-0.1, -0.05) is 12.1 Å². The van der Waals surface area contributed by atoms with E-state index in [0.717, 1.165) is 12.0 Å². The molecule has 35 heavy (non-hydrogen) atoms. The van der Waals surface area contributed by atoms with Gasteiger partial charge in [0.15, 0.2) is 17.3 Å². The van der Waals surface area contributed by atoms with Crippen molar-refractivity contribution in [3.05, 3.63) is 48.3 Å². The summed E-state index contributed by atoms with van der Waals surface area (Å²) < 4.78 is 39.1. The zero-order valence-electron chi connectivity index (χ0n) is 19.4. The Bertz CT molecular complexity index is 1330. The lowest BCUT2D eigenvalue weighted by atomic mass is 9.97. The Balaban J connectivity index is 1.22. The Morgan fingerprint density at radius 3 is 2.60 bits per heavy atom. The first kappa shape index (κ1) is 23.3. The van der Waals surface area contributed by atoms with Crippen LogP contribution in [0.4, 0.5) is 5.69 Å². The molecule has 3 aromatic rings. The summed E-state index contributed by atoms with van der Waals surface area (Å²) in [7, 11) is -3.70. The lowest BCUT2D eigenvalue weighted by Gasteiger charge is -2.30. The van der Waals surface area contributed by atoms with E-state index in [2.05, 4.69) is 20.5 Å². The van der Waals surface area contributed by atoms with E-state index < -0.39 is 10.0 Å². The third-order valence-electron chi connectivity index (χ3n) is 6.17. The first-order valence-corrected chi connectivity index (χ1v) is 13.0. The highest BCUT2D eigenvalue weighted by atomic mass is 32.2. The number of H-pyrrole nitrogens is 1. The van der Waals surface area contributed by atoms with E-state index in [0.29, 0.717) is 54.9 Å². The van der Waals surface area contributed by atoms with Crippen molar-refractivity contribution in [3.63, 3.8) is 0 Å². The summed E-state index contributed by atoms with van der Waals surface area (Å²) in [6.45, 7) is 3.39. The monoisotopic (exact) mass is 497 g/mol. The van der Waals surface area contributed by atoms with Gasteiger partial charge in [0, 0.05) is 42.7 Å². The van der Waals surface area contributed by atoms with Crippen molar-refractivity contribution in [2.75, 3.05) is 31.6 Å². The summed E-state index contributed by atoms with van der Waals surface area (Å²) in [6.07, 6.45) is 1.63. The summed E-state index contributed by atoms with van der Waals surface area (Å²) in [4.78, 5) is 17.4. The molecular formula is C24H27N5O5S. The van der Waals surface area contributed by atoms with Crippen LogP contribution in [-0.2, 0) is 14.8 Å². The van der Waals surface area contributed by atoms with E-state index in [1.807, 2.05) is 31.2 Å². The summed E-state index contributed by atoms with van der Waals surface area (Å²) >= 11 is 0. The second-order valence-corrected chi connectivity index (χ2v) is 10.6. The van der Waals surface area contributed by atoms with Crippen LogP contribution in [0.5, 0.6) is 11.5 Å². The van der Waals surface area contributed by atoms with Gasteiger partial charge in [-0.2, -0.15) is 9.40 Å². The fraction of sp³-hybridized carbons (Fsp3) is 0.375. The molecule has 2 N–H and O–H groups in total. The van der Waals surface area contributed by atoms with E-state index in [4.69, 9.17) is 9.47 Å². The zero-order valence-corrected chi connectivity index (χ0v) is 20.2. The standard InChI is InChI=1S/C24H27N5O5S/c1-16-25-23(28-27-16)18-4-2-5-19(14-18)26-24(30)17-8-10-29(11-9-17)35(31,32)20-6-7-21-22(15-20)34-13-3-12-33-21/h2,4-7,14-15,17H,3,8-13H2,1H3,(H,26,30)(H,25,27,28). The number of rotatable bonds is 5. The molecule has 0 unspecified atom stereocenters. The lowest BCUT2D eigenvalue weighted by molar-refractivity contribution is -0.120. The fourth-order valence-electron chi connectivity index (χ4n) is 4.26. The maximum Gasteiger partial charge on any atom is 0.243 e. The molecule has 5 rings (SSSR count). The number of aromatic amines is 1. The van der Waals surface area contributed by atoms with Crippen LogP contribution >= 0.6 is 0 Å². The van der Waals surface area contributed by atoms with Crippen LogP contribution in [0.3, 0.4) is 0 Å². The Morgan fingerprint density at radius 2 is 1.86 bits per heavy atom. The minimum atomic E-state index is -3.70. The second kappa shape index (κ2) is 9.67. The average molecular weight is 498 g/mol. The number of aromatic nitrogens is 3. The number of carbonyl (C=O) groups excluding carboxylic acids is 1. The van der Waals surface area contributed by atoms with Gasteiger partial charge in [-0.3, -0.25) is 9.89 Å². The number of benzene rings is 2. The number of anilines is 1. The van der Waals surface area contributed by atoms with Crippen molar-refractivity contribution in [1.82, 2.24) is 19.5 Å². The number of nitrogens with one attached hydrogen (secondary N) is 2. The molecule has 0 saturated carbocycles. The third kappa shape index (κ3) is 5.01. The Hall–Kier alpha value is -3.44. The van der Waals surface area contributed by atoms with E-state index in [1.54, 1.807) is 12.1 Å². The lowest BCUT2D eigenvalue weighted by Crippen LogP contribution is -2.41. The quantitative estimate of drug-likeness (QED) is 0.555. The SMILES string of the molecule is Cc1nc(-c2cccc(NC(=O)C3CCN(S(=O)(=O)c4ccc5c(c4)OCCCO5)CC3)c2)n[nH]1. The van der Waals surface area contributed by atoms with E-state index in [1.165, 1.54) is 10.4 Å². The molecule has 0 bridgehead atoms. The number of fused-ring (bicyclic) bond motifs is 1. The molecular weight excluding hydrogens is 470 g/mol. The molecule has 11 heteroatoms. The summed E-state index contributed by atoms with van der Waals surface area (Å²) in [5, 5.41) is 9.92. The van der Waals surface area contributed by atoms with Crippen LogP contribution in [0.2, 0.25) is 0 Å². The number of ether oxygens (including phenoxy) is 2. The molecule has 1 aromatic heterocycles. The Kier molecular flexibility index (Phi) is 6.44. The molecule has 10 nitrogen and oxygen atoms in total. The number of aryl methyl sites for hydroxylation is 1. The molecule has 0 spiro atoms. The highest BCUT2D eigenvalue weighted by Gasteiger charge is 2.33. The predicted molar refractivity (Wildman–Crippen MR) is 129 cm³/mol. The average Bonchev–Trinajstić information content (AvgIpc) is 3.16. The van der Waals surface area contributed by atoms with Crippen molar-refractivity contribution >= 4 is 21.6 Å². The van der Waals surface area contributed by atoms with E-state index in [9.17, 15) is 13.2 Å². The molecule has 2 aliphatic rings. The second-order valence-electron chi connectivity index (χ2n) is 8.65. The molecule has 1 fully saturated rings. The van der Waals surface area contributed by atoms with Crippen LogP contribution in [0.25, 0.3) is 11.4 Å².